The molecule has 0 unspecified atom stereocenters. The molecule has 1 aromatic carbocycles. The van der Waals surface area contributed by atoms with Crippen LogP contribution >= 0.6 is 0 Å². The van der Waals surface area contributed by atoms with Crippen LogP contribution in [-0.2, 0) is 22.7 Å². The zero-order valence-corrected chi connectivity index (χ0v) is 16.2. The summed E-state index contributed by atoms with van der Waals surface area (Å²) in [5.41, 5.74) is 4.26. The van der Waals surface area contributed by atoms with E-state index in [0.29, 0.717) is 5.69 Å². The number of hydrogen-bond acceptors (Lipinski definition) is 6. The SMILES string of the molecule is Cc1cc(C)n(-c2ccc(COC(=O)Cn3nc(C)c([N+](=O)[O-])c3C)cc2)n1. The fourth-order valence-corrected chi connectivity index (χ4v) is 3.06. The van der Waals surface area contributed by atoms with Crippen LogP contribution < -0.4 is 0 Å². The van der Waals surface area contributed by atoms with Gasteiger partial charge in [0.1, 0.15) is 24.5 Å². The molecule has 0 spiro atoms. The Kier molecular flexibility index (Phi) is 5.25. The topological polar surface area (TPSA) is 105 Å². The molecular weight excluding hydrogens is 362 g/mol. The van der Waals surface area contributed by atoms with Gasteiger partial charge in [-0.25, -0.2) is 4.68 Å². The quantitative estimate of drug-likeness (QED) is 0.368. The van der Waals surface area contributed by atoms with Gasteiger partial charge in [-0.3, -0.25) is 19.6 Å². The Balaban J connectivity index is 1.61. The second-order valence-electron chi connectivity index (χ2n) is 6.60. The van der Waals surface area contributed by atoms with Crippen LogP contribution in [0.25, 0.3) is 5.69 Å². The number of carbonyl (C=O) groups is 1. The van der Waals surface area contributed by atoms with E-state index >= 15 is 0 Å². The number of nitrogens with zero attached hydrogens (tertiary/aromatic N) is 5. The molecule has 3 aromatic rings. The maximum Gasteiger partial charge on any atom is 0.328 e. The predicted molar refractivity (Wildman–Crippen MR) is 101 cm³/mol. The summed E-state index contributed by atoms with van der Waals surface area (Å²) < 4.78 is 8.42. The molecule has 2 aromatic heterocycles. The highest BCUT2D eigenvalue weighted by atomic mass is 16.6. The van der Waals surface area contributed by atoms with Crippen LogP contribution in [0.15, 0.2) is 30.3 Å². The van der Waals surface area contributed by atoms with Gasteiger partial charge in [0.2, 0.25) is 0 Å². The minimum absolute atomic E-state index is 0.0764. The first kappa shape index (κ1) is 19.3. The smallest absolute Gasteiger partial charge is 0.328 e. The molecule has 0 N–H and O–H groups in total. The third-order valence-electron chi connectivity index (χ3n) is 4.40. The summed E-state index contributed by atoms with van der Waals surface area (Å²) in [4.78, 5) is 22.6. The van der Waals surface area contributed by atoms with E-state index in [2.05, 4.69) is 10.2 Å². The molecule has 0 radical (unpaired) electrons. The number of hydrogen-bond donors (Lipinski definition) is 0. The first-order valence-electron chi connectivity index (χ1n) is 8.73. The van der Waals surface area contributed by atoms with Crippen molar-refractivity contribution in [3.8, 4) is 5.69 Å². The molecular formula is C19H21N5O4. The van der Waals surface area contributed by atoms with Crippen LogP contribution in [0.1, 0.15) is 28.3 Å². The van der Waals surface area contributed by atoms with E-state index in [0.717, 1.165) is 22.6 Å². The van der Waals surface area contributed by atoms with E-state index in [9.17, 15) is 14.9 Å². The summed E-state index contributed by atoms with van der Waals surface area (Å²) >= 11 is 0. The third-order valence-corrected chi connectivity index (χ3v) is 4.40. The normalized spacial score (nSPS) is 10.9. The molecule has 9 heteroatoms. The maximum absolute atomic E-state index is 12.1. The van der Waals surface area contributed by atoms with E-state index in [1.807, 2.05) is 48.9 Å². The molecule has 0 saturated heterocycles. The second kappa shape index (κ2) is 7.63. The van der Waals surface area contributed by atoms with Gasteiger partial charge in [0.25, 0.3) is 0 Å². The monoisotopic (exact) mass is 383 g/mol. The Labute approximate surface area is 161 Å². The van der Waals surface area contributed by atoms with Crippen molar-refractivity contribution in [2.75, 3.05) is 0 Å². The number of aryl methyl sites for hydroxylation is 3. The van der Waals surface area contributed by atoms with Gasteiger partial charge in [-0.1, -0.05) is 12.1 Å². The lowest BCUT2D eigenvalue weighted by atomic mass is 10.2. The number of esters is 1. The van der Waals surface area contributed by atoms with Gasteiger partial charge >= 0.3 is 11.7 Å². The van der Waals surface area contributed by atoms with Crippen molar-refractivity contribution in [2.24, 2.45) is 0 Å². The van der Waals surface area contributed by atoms with Gasteiger partial charge in [0.05, 0.1) is 16.3 Å². The standard InChI is InChI=1S/C19H21N5O4/c1-12-9-13(2)23(20-12)17-7-5-16(6-8-17)11-28-18(25)10-22-15(4)19(24(26)27)14(3)21-22/h5-9H,10-11H2,1-4H3. The first-order valence-corrected chi connectivity index (χ1v) is 8.73. The lowest BCUT2D eigenvalue weighted by molar-refractivity contribution is -0.386. The van der Waals surface area contributed by atoms with Crippen LogP contribution in [0.3, 0.4) is 0 Å². The number of rotatable bonds is 6. The summed E-state index contributed by atoms with van der Waals surface area (Å²) in [6.07, 6.45) is 0. The molecule has 9 nitrogen and oxygen atoms in total. The van der Waals surface area contributed by atoms with Crippen molar-refractivity contribution >= 4 is 11.7 Å². The molecule has 0 atom stereocenters. The highest BCUT2D eigenvalue weighted by molar-refractivity contribution is 5.69. The van der Waals surface area contributed by atoms with Crippen LogP contribution in [0.2, 0.25) is 0 Å². The molecule has 0 aliphatic heterocycles. The van der Waals surface area contributed by atoms with E-state index in [-0.39, 0.29) is 24.5 Å². The summed E-state index contributed by atoms with van der Waals surface area (Å²) in [5.74, 6) is -0.511. The summed E-state index contributed by atoms with van der Waals surface area (Å²) in [5, 5.41) is 19.5. The lowest BCUT2D eigenvalue weighted by Gasteiger charge is -2.08. The van der Waals surface area contributed by atoms with Gasteiger partial charge in [0.15, 0.2) is 0 Å². The first-order chi connectivity index (χ1) is 13.3. The minimum atomic E-state index is -0.511. The zero-order valence-electron chi connectivity index (χ0n) is 16.2. The van der Waals surface area contributed by atoms with Crippen LogP contribution in [0, 0.1) is 37.8 Å². The Morgan fingerprint density at radius 2 is 1.82 bits per heavy atom. The van der Waals surface area contributed by atoms with Gasteiger partial charge in [-0.2, -0.15) is 10.2 Å². The van der Waals surface area contributed by atoms with Crippen molar-refractivity contribution in [3.05, 3.63) is 68.8 Å². The van der Waals surface area contributed by atoms with Crippen molar-refractivity contribution in [2.45, 2.75) is 40.8 Å². The summed E-state index contributed by atoms with van der Waals surface area (Å²) in [6.45, 7) is 6.95. The molecule has 146 valence electrons. The van der Waals surface area contributed by atoms with Gasteiger partial charge in [0, 0.05) is 5.69 Å². The number of benzene rings is 1. The highest BCUT2D eigenvalue weighted by Crippen LogP contribution is 2.21. The van der Waals surface area contributed by atoms with E-state index in [4.69, 9.17) is 4.74 Å². The third kappa shape index (κ3) is 3.93. The van der Waals surface area contributed by atoms with Crippen LogP contribution in [0.5, 0.6) is 0 Å². The van der Waals surface area contributed by atoms with Crippen molar-refractivity contribution in [1.82, 2.24) is 19.6 Å². The molecule has 0 saturated carbocycles. The summed E-state index contributed by atoms with van der Waals surface area (Å²) in [6, 6.07) is 9.55. The molecule has 0 fully saturated rings. The number of carbonyl (C=O) groups excluding carboxylic acids is 1. The minimum Gasteiger partial charge on any atom is -0.459 e. The Hall–Kier alpha value is -3.49. The molecule has 0 amide bonds. The van der Waals surface area contributed by atoms with Crippen LogP contribution in [0.4, 0.5) is 5.69 Å². The molecule has 28 heavy (non-hydrogen) atoms. The second-order valence-corrected chi connectivity index (χ2v) is 6.60. The molecule has 0 bridgehead atoms. The highest BCUT2D eigenvalue weighted by Gasteiger charge is 2.23. The van der Waals surface area contributed by atoms with Gasteiger partial charge < -0.3 is 4.74 Å². The van der Waals surface area contributed by atoms with Gasteiger partial charge in [-0.05, 0) is 51.5 Å². The maximum atomic E-state index is 12.1. The van der Waals surface area contributed by atoms with Crippen molar-refractivity contribution < 1.29 is 14.5 Å². The van der Waals surface area contributed by atoms with Crippen LogP contribution in [-0.4, -0.2) is 30.5 Å². The molecule has 0 aliphatic carbocycles. The largest absolute Gasteiger partial charge is 0.459 e. The molecule has 3 rings (SSSR count). The number of ether oxygens (including phenoxy) is 1. The average Bonchev–Trinajstić information content (AvgIpc) is 3.11. The summed E-state index contributed by atoms with van der Waals surface area (Å²) in [7, 11) is 0. The Morgan fingerprint density at radius 3 is 2.36 bits per heavy atom. The molecule has 0 aliphatic rings. The number of aromatic nitrogens is 4. The van der Waals surface area contributed by atoms with Crippen molar-refractivity contribution in [1.29, 1.82) is 0 Å². The van der Waals surface area contributed by atoms with E-state index in [1.165, 1.54) is 11.6 Å². The van der Waals surface area contributed by atoms with Gasteiger partial charge in [-0.15, -0.1) is 0 Å². The molecule has 2 heterocycles. The number of nitro groups is 1. The Bertz CT molecular complexity index is 1030. The average molecular weight is 383 g/mol. The Morgan fingerprint density at radius 1 is 1.14 bits per heavy atom. The fourth-order valence-electron chi connectivity index (χ4n) is 3.06. The van der Waals surface area contributed by atoms with E-state index in [1.54, 1.807) is 6.92 Å². The van der Waals surface area contributed by atoms with E-state index < -0.39 is 10.9 Å². The lowest BCUT2D eigenvalue weighted by Crippen LogP contribution is -2.15. The fraction of sp³-hybridized carbons (Fsp3) is 0.316. The predicted octanol–water partition coefficient (Wildman–Crippen LogP) is 2.95. The van der Waals surface area contributed by atoms with Crippen molar-refractivity contribution in [3.63, 3.8) is 0 Å². The zero-order chi connectivity index (χ0) is 20.4.